The molecule has 1 aromatic heterocycles. The van der Waals surface area contributed by atoms with E-state index in [0.717, 1.165) is 39.6 Å². The van der Waals surface area contributed by atoms with Gasteiger partial charge in [-0.15, -0.1) is 11.3 Å². The fourth-order valence-electron chi connectivity index (χ4n) is 1.72. The van der Waals surface area contributed by atoms with Gasteiger partial charge in [0.25, 0.3) is 0 Å². The first-order chi connectivity index (χ1) is 7.74. The summed E-state index contributed by atoms with van der Waals surface area (Å²) >= 11 is 14.0. The van der Waals surface area contributed by atoms with Crippen molar-refractivity contribution in [2.24, 2.45) is 0 Å². The molecule has 0 bridgehead atoms. The lowest BCUT2D eigenvalue weighted by atomic mass is 10.1. The van der Waals surface area contributed by atoms with Crippen LogP contribution in [0.4, 0.5) is 0 Å². The van der Waals surface area contributed by atoms with Gasteiger partial charge in [0, 0.05) is 10.4 Å². The Labute approximate surface area is 109 Å². The van der Waals surface area contributed by atoms with Gasteiger partial charge in [-0.25, -0.2) is 0 Å². The molecule has 0 unspecified atom stereocenters. The highest BCUT2D eigenvalue weighted by atomic mass is 35.5. The second kappa shape index (κ2) is 5.37. The van der Waals surface area contributed by atoms with E-state index in [9.17, 15) is 0 Å². The molecule has 0 radical (unpaired) electrons. The number of hydrogen-bond donors (Lipinski definition) is 1. The van der Waals surface area contributed by atoms with Crippen molar-refractivity contribution in [1.82, 2.24) is 5.32 Å². The van der Waals surface area contributed by atoms with E-state index in [2.05, 4.69) is 17.6 Å². The molecule has 4 heteroatoms. The van der Waals surface area contributed by atoms with Crippen LogP contribution in [0.15, 0.2) is 17.5 Å². The number of benzene rings is 1. The zero-order valence-corrected chi connectivity index (χ0v) is 11.3. The molecule has 0 aliphatic heterocycles. The van der Waals surface area contributed by atoms with Crippen LogP contribution in [0.2, 0.25) is 10.0 Å². The van der Waals surface area contributed by atoms with Crippen molar-refractivity contribution in [3.63, 3.8) is 0 Å². The Morgan fingerprint density at radius 3 is 2.75 bits per heavy atom. The predicted molar refractivity (Wildman–Crippen MR) is 74.1 cm³/mol. The van der Waals surface area contributed by atoms with Crippen molar-refractivity contribution in [2.45, 2.75) is 13.3 Å². The molecular weight excluding hydrogens is 261 g/mol. The zero-order valence-electron chi connectivity index (χ0n) is 9.02. The first-order valence-corrected chi connectivity index (χ1v) is 6.92. The fourth-order valence-corrected chi connectivity index (χ4v) is 3.38. The molecule has 1 nitrogen and oxygen atoms in total. The van der Waals surface area contributed by atoms with Gasteiger partial charge in [0.2, 0.25) is 0 Å². The highest BCUT2D eigenvalue weighted by molar-refractivity contribution is 7.18. The van der Waals surface area contributed by atoms with E-state index in [1.54, 1.807) is 11.3 Å². The number of thiophene rings is 1. The molecule has 2 aromatic rings. The maximum Gasteiger partial charge on any atom is 0.0585 e. The van der Waals surface area contributed by atoms with E-state index in [-0.39, 0.29) is 0 Å². The van der Waals surface area contributed by atoms with Crippen LogP contribution in [0.5, 0.6) is 0 Å². The Kier molecular flexibility index (Phi) is 4.09. The molecule has 0 spiro atoms. The summed E-state index contributed by atoms with van der Waals surface area (Å²) in [4.78, 5) is 0. The molecule has 1 aromatic carbocycles. The van der Waals surface area contributed by atoms with Crippen LogP contribution in [0.25, 0.3) is 10.1 Å². The minimum atomic E-state index is 0.791. The van der Waals surface area contributed by atoms with E-state index in [0.29, 0.717) is 0 Å². The SMILES string of the molecule is CCNCCc1csc2c(Cl)ccc(Cl)c12. The lowest BCUT2D eigenvalue weighted by Gasteiger charge is -2.03. The third-order valence-corrected chi connectivity index (χ3v) is 4.32. The van der Waals surface area contributed by atoms with Crippen LogP contribution in [0.1, 0.15) is 12.5 Å². The van der Waals surface area contributed by atoms with Gasteiger partial charge in [0.15, 0.2) is 0 Å². The molecule has 0 aliphatic rings. The standard InChI is InChI=1S/C12H13Cl2NS/c1-2-15-6-5-8-7-16-12-10(14)4-3-9(13)11(8)12/h3-4,7,15H,2,5-6H2,1H3. The molecule has 0 saturated carbocycles. The van der Waals surface area contributed by atoms with Gasteiger partial charge in [-0.2, -0.15) is 0 Å². The van der Waals surface area contributed by atoms with Gasteiger partial charge < -0.3 is 5.32 Å². The highest BCUT2D eigenvalue weighted by Crippen LogP contribution is 2.37. The number of fused-ring (bicyclic) bond motifs is 1. The summed E-state index contributed by atoms with van der Waals surface area (Å²) in [6.45, 7) is 4.08. The van der Waals surface area contributed by atoms with Crippen molar-refractivity contribution >= 4 is 44.6 Å². The molecule has 2 rings (SSSR count). The van der Waals surface area contributed by atoms with Crippen molar-refractivity contribution in [2.75, 3.05) is 13.1 Å². The molecule has 0 aliphatic carbocycles. The Morgan fingerprint density at radius 2 is 2.00 bits per heavy atom. The van der Waals surface area contributed by atoms with Gasteiger partial charge in [-0.1, -0.05) is 30.1 Å². The molecule has 1 N–H and O–H groups in total. The fraction of sp³-hybridized carbons (Fsp3) is 0.333. The molecule has 0 amide bonds. The Hall–Kier alpha value is -0.280. The minimum absolute atomic E-state index is 0.791. The highest BCUT2D eigenvalue weighted by Gasteiger charge is 2.10. The van der Waals surface area contributed by atoms with E-state index in [1.807, 2.05) is 12.1 Å². The molecule has 0 saturated heterocycles. The zero-order chi connectivity index (χ0) is 11.5. The number of likely N-dealkylation sites (N-methyl/N-ethyl adjacent to an activating group) is 1. The van der Waals surface area contributed by atoms with Crippen LogP contribution in [0, 0.1) is 0 Å². The monoisotopic (exact) mass is 273 g/mol. The number of hydrogen-bond acceptors (Lipinski definition) is 2. The normalized spacial score (nSPS) is 11.2. The second-order valence-corrected chi connectivity index (χ2v) is 5.29. The van der Waals surface area contributed by atoms with Crippen molar-refractivity contribution in [1.29, 1.82) is 0 Å². The molecule has 0 atom stereocenters. The molecular formula is C12H13Cl2NS. The van der Waals surface area contributed by atoms with Gasteiger partial charge in [-0.3, -0.25) is 0 Å². The number of rotatable bonds is 4. The quantitative estimate of drug-likeness (QED) is 0.817. The maximum atomic E-state index is 6.22. The number of nitrogens with one attached hydrogen (secondary N) is 1. The Bertz CT molecular complexity index is 493. The first kappa shape index (κ1) is 12.2. The first-order valence-electron chi connectivity index (χ1n) is 5.28. The van der Waals surface area contributed by atoms with E-state index in [4.69, 9.17) is 23.2 Å². The van der Waals surface area contributed by atoms with Crippen LogP contribution >= 0.6 is 34.5 Å². The van der Waals surface area contributed by atoms with E-state index < -0.39 is 0 Å². The Balaban J connectivity index is 2.36. The van der Waals surface area contributed by atoms with Crippen LogP contribution in [-0.4, -0.2) is 13.1 Å². The third kappa shape index (κ3) is 2.35. The topological polar surface area (TPSA) is 12.0 Å². The summed E-state index contributed by atoms with van der Waals surface area (Å²) in [6.07, 6.45) is 0.994. The molecule has 86 valence electrons. The summed E-state index contributed by atoms with van der Waals surface area (Å²) in [5.74, 6) is 0. The summed E-state index contributed by atoms with van der Waals surface area (Å²) in [6, 6.07) is 3.73. The minimum Gasteiger partial charge on any atom is -0.317 e. The molecule has 0 fully saturated rings. The van der Waals surface area contributed by atoms with Crippen LogP contribution < -0.4 is 5.32 Å². The number of halogens is 2. The van der Waals surface area contributed by atoms with Crippen molar-refractivity contribution in [3.05, 3.63) is 33.1 Å². The summed E-state index contributed by atoms with van der Waals surface area (Å²) in [7, 11) is 0. The molecule has 16 heavy (non-hydrogen) atoms. The van der Waals surface area contributed by atoms with Gasteiger partial charge in [0.1, 0.15) is 0 Å². The van der Waals surface area contributed by atoms with Gasteiger partial charge >= 0.3 is 0 Å². The van der Waals surface area contributed by atoms with Gasteiger partial charge in [-0.05, 0) is 42.6 Å². The summed E-state index contributed by atoms with van der Waals surface area (Å²) in [5, 5.41) is 8.18. The summed E-state index contributed by atoms with van der Waals surface area (Å²) < 4.78 is 1.10. The van der Waals surface area contributed by atoms with Crippen LogP contribution in [0.3, 0.4) is 0 Å². The van der Waals surface area contributed by atoms with Crippen molar-refractivity contribution < 1.29 is 0 Å². The maximum absolute atomic E-state index is 6.22. The smallest absolute Gasteiger partial charge is 0.0585 e. The third-order valence-electron chi connectivity index (χ3n) is 2.52. The average molecular weight is 274 g/mol. The molecule has 1 heterocycles. The van der Waals surface area contributed by atoms with Gasteiger partial charge in [0.05, 0.1) is 9.72 Å². The average Bonchev–Trinajstić information content (AvgIpc) is 2.69. The lowest BCUT2D eigenvalue weighted by molar-refractivity contribution is 0.719. The largest absolute Gasteiger partial charge is 0.317 e. The predicted octanol–water partition coefficient (Wildman–Crippen LogP) is 4.36. The van der Waals surface area contributed by atoms with E-state index >= 15 is 0 Å². The van der Waals surface area contributed by atoms with Crippen molar-refractivity contribution in [3.8, 4) is 0 Å². The Morgan fingerprint density at radius 1 is 1.25 bits per heavy atom. The van der Waals surface area contributed by atoms with Crippen LogP contribution in [-0.2, 0) is 6.42 Å². The lowest BCUT2D eigenvalue weighted by Crippen LogP contribution is -2.15. The van der Waals surface area contributed by atoms with E-state index in [1.165, 1.54) is 5.56 Å². The summed E-state index contributed by atoms with van der Waals surface area (Å²) in [5.41, 5.74) is 1.29. The second-order valence-electron chi connectivity index (χ2n) is 3.60.